The summed E-state index contributed by atoms with van der Waals surface area (Å²) in [5.41, 5.74) is 1.18. The van der Waals surface area contributed by atoms with Crippen molar-refractivity contribution in [3.8, 4) is 0 Å². The third-order valence-corrected chi connectivity index (χ3v) is 2.69. The SMILES string of the molecule is CCN(CCOC)CCc1ccc(F)cc1. The highest BCUT2D eigenvalue weighted by molar-refractivity contribution is 5.16. The Morgan fingerprint density at radius 3 is 2.44 bits per heavy atom. The lowest BCUT2D eigenvalue weighted by molar-refractivity contribution is 0.151. The van der Waals surface area contributed by atoms with E-state index in [2.05, 4.69) is 11.8 Å². The van der Waals surface area contributed by atoms with Crippen molar-refractivity contribution in [3.63, 3.8) is 0 Å². The Kier molecular flexibility index (Phi) is 6.04. The summed E-state index contributed by atoms with van der Waals surface area (Å²) in [5.74, 6) is -0.171. The van der Waals surface area contributed by atoms with Crippen LogP contribution in [0.15, 0.2) is 24.3 Å². The van der Waals surface area contributed by atoms with Gasteiger partial charge in [-0.05, 0) is 30.7 Å². The van der Waals surface area contributed by atoms with Crippen LogP contribution in [-0.2, 0) is 11.2 Å². The fraction of sp³-hybridized carbons (Fsp3) is 0.538. The van der Waals surface area contributed by atoms with E-state index in [9.17, 15) is 4.39 Å². The first kappa shape index (κ1) is 13.1. The summed E-state index contributed by atoms with van der Waals surface area (Å²) in [6.45, 7) is 5.86. The molecule has 2 nitrogen and oxygen atoms in total. The van der Waals surface area contributed by atoms with Crippen LogP contribution in [0.5, 0.6) is 0 Å². The van der Waals surface area contributed by atoms with Gasteiger partial charge < -0.3 is 9.64 Å². The molecule has 0 spiro atoms. The predicted octanol–water partition coefficient (Wildman–Crippen LogP) is 2.34. The van der Waals surface area contributed by atoms with Crippen LogP contribution in [0.4, 0.5) is 4.39 Å². The molecule has 1 aromatic rings. The summed E-state index contributed by atoms with van der Waals surface area (Å²) in [6, 6.07) is 6.72. The molecule has 0 saturated carbocycles. The first-order valence-electron chi connectivity index (χ1n) is 5.72. The number of halogens is 1. The molecule has 0 aliphatic rings. The van der Waals surface area contributed by atoms with Crippen molar-refractivity contribution in [1.29, 1.82) is 0 Å². The van der Waals surface area contributed by atoms with Crippen molar-refractivity contribution in [3.05, 3.63) is 35.6 Å². The van der Waals surface area contributed by atoms with Gasteiger partial charge in [-0.1, -0.05) is 19.1 Å². The number of methoxy groups -OCH3 is 1. The zero-order chi connectivity index (χ0) is 11.8. The van der Waals surface area contributed by atoms with Gasteiger partial charge in [0.05, 0.1) is 6.61 Å². The van der Waals surface area contributed by atoms with Crippen LogP contribution in [0, 0.1) is 5.82 Å². The molecule has 16 heavy (non-hydrogen) atoms. The topological polar surface area (TPSA) is 12.5 Å². The van der Waals surface area contributed by atoms with Gasteiger partial charge in [-0.15, -0.1) is 0 Å². The summed E-state index contributed by atoms with van der Waals surface area (Å²) >= 11 is 0. The number of likely N-dealkylation sites (N-methyl/N-ethyl adjacent to an activating group) is 1. The van der Waals surface area contributed by atoms with E-state index in [-0.39, 0.29) is 5.82 Å². The third-order valence-electron chi connectivity index (χ3n) is 2.69. The quantitative estimate of drug-likeness (QED) is 0.706. The van der Waals surface area contributed by atoms with E-state index in [1.807, 2.05) is 12.1 Å². The Hall–Kier alpha value is -0.930. The van der Waals surface area contributed by atoms with E-state index in [1.165, 1.54) is 17.7 Å². The van der Waals surface area contributed by atoms with Crippen molar-refractivity contribution < 1.29 is 9.13 Å². The van der Waals surface area contributed by atoms with E-state index < -0.39 is 0 Å². The summed E-state index contributed by atoms with van der Waals surface area (Å²) in [6.07, 6.45) is 0.956. The lowest BCUT2D eigenvalue weighted by Crippen LogP contribution is -2.29. The molecule has 0 N–H and O–H groups in total. The molecule has 0 fully saturated rings. The third kappa shape index (κ3) is 4.73. The number of hydrogen-bond acceptors (Lipinski definition) is 2. The molecule has 0 heterocycles. The van der Waals surface area contributed by atoms with Crippen molar-refractivity contribution in [2.45, 2.75) is 13.3 Å². The van der Waals surface area contributed by atoms with Crippen molar-refractivity contribution in [1.82, 2.24) is 4.90 Å². The molecular formula is C13H20FNO. The molecule has 0 aliphatic carbocycles. The van der Waals surface area contributed by atoms with E-state index in [4.69, 9.17) is 4.74 Å². The molecule has 1 rings (SSSR count). The van der Waals surface area contributed by atoms with Gasteiger partial charge in [0.15, 0.2) is 0 Å². The van der Waals surface area contributed by atoms with E-state index in [0.717, 1.165) is 32.7 Å². The molecule has 0 atom stereocenters. The maximum Gasteiger partial charge on any atom is 0.123 e. The van der Waals surface area contributed by atoms with Gasteiger partial charge in [-0.3, -0.25) is 0 Å². The Balaban J connectivity index is 2.34. The average molecular weight is 225 g/mol. The molecule has 0 aromatic heterocycles. The minimum atomic E-state index is -0.171. The Bertz CT molecular complexity index is 286. The Morgan fingerprint density at radius 2 is 1.88 bits per heavy atom. The Morgan fingerprint density at radius 1 is 1.19 bits per heavy atom. The molecule has 0 amide bonds. The maximum atomic E-state index is 12.7. The second-order valence-corrected chi connectivity index (χ2v) is 3.80. The summed E-state index contributed by atoms with van der Waals surface area (Å²) in [4.78, 5) is 2.33. The highest BCUT2D eigenvalue weighted by Crippen LogP contribution is 2.04. The minimum absolute atomic E-state index is 0.171. The maximum absolute atomic E-state index is 12.7. The van der Waals surface area contributed by atoms with Crippen LogP contribution in [0.1, 0.15) is 12.5 Å². The first-order valence-corrected chi connectivity index (χ1v) is 5.72. The molecular weight excluding hydrogens is 205 g/mol. The lowest BCUT2D eigenvalue weighted by Gasteiger charge is -2.19. The minimum Gasteiger partial charge on any atom is -0.383 e. The highest BCUT2D eigenvalue weighted by atomic mass is 19.1. The fourth-order valence-corrected chi connectivity index (χ4v) is 1.59. The zero-order valence-electron chi connectivity index (χ0n) is 10.1. The monoisotopic (exact) mass is 225 g/mol. The normalized spacial score (nSPS) is 11.0. The highest BCUT2D eigenvalue weighted by Gasteiger charge is 2.02. The summed E-state index contributed by atoms with van der Waals surface area (Å²) in [5, 5.41) is 0. The average Bonchev–Trinajstić information content (AvgIpc) is 2.32. The van der Waals surface area contributed by atoms with Gasteiger partial charge in [0, 0.05) is 20.2 Å². The van der Waals surface area contributed by atoms with Crippen LogP contribution in [0.3, 0.4) is 0 Å². The molecule has 0 unspecified atom stereocenters. The summed E-state index contributed by atoms with van der Waals surface area (Å²) in [7, 11) is 1.72. The van der Waals surface area contributed by atoms with Crippen LogP contribution in [0.2, 0.25) is 0 Å². The second kappa shape index (κ2) is 7.36. The lowest BCUT2D eigenvalue weighted by atomic mass is 10.1. The van der Waals surface area contributed by atoms with Crippen molar-refractivity contribution in [2.24, 2.45) is 0 Å². The van der Waals surface area contributed by atoms with Gasteiger partial charge in [-0.25, -0.2) is 4.39 Å². The van der Waals surface area contributed by atoms with Crippen LogP contribution in [-0.4, -0.2) is 38.3 Å². The standard InChI is InChI=1S/C13H20FNO/c1-3-15(10-11-16-2)9-8-12-4-6-13(14)7-5-12/h4-7H,3,8-11H2,1-2H3. The van der Waals surface area contributed by atoms with E-state index in [1.54, 1.807) is 7.11 Å². The molecule has 90 valence electrons. The number of rotatable bonds is 7. The van der Waals surface area contributed by atoms with Gasteiger partial charge in [-0.2, -0.15) is 0 Å². The number of hydrogen-bond donors (Lipinski definition) is 0. The predicted molar refractivity (Wildman–Crippen MR) is 64.1 cm³/mol. The van der Waals surface area contributed by atoms with Crippen LogP contribution < -0.4 is 0 Å². The fourth-order valence-electron chi connectivity index (χ4n) is 1.59. The Labute approximate surface area is 97.0 Å². The summed E-state index contributed by atoms with van der Waals surface area (Å²) < 4.78 is 17.7. The zero-order valence-corrected chi connectivity index (χ0v) is 10.1. The van der Waals surface area contributed by atoms with Crippen molar-refractivity contribution in [2.75, 3.05) is 33.4 Å². The molecule has 0 saturated heterocycles. The smallest absolute Gasteiger partial charge is 0.123 e. The van der Waals surface area contributed by atoms with Gasteiger partial charge in [0.1, 0.15) is 5.82 Å². The van der Waals surface area contributed by atoms with Gasteiger partial charge in [0.25, 0.3) is 0 Å². The largest absolute Gasteiger partial charge is 0.383 e. The molecule has 0 radical (unpaired) electrons. The molecule has 0 aliphatic heterocycles. The van der Waals surface area contributed by atoms with E-state index >= 15 is 0 Å². The van der Waals surface area contributed by atoms with Gasteiger partial charge in [0.2, 0.25) is 0 Å². The molecule has 3 heteroatoms. The van der Waals surface area contributed by atoms with Crippen LogP contribution in [0.25, 0.3) is 0 Å². The van der Waals surface area contributed by atoms with Crippen LogP contribution >= 0.6 is 0 Å². The number of benzene rings is 1. The number of nitrogens with zero attached hydrogens (tertiary/aromatic N) is 1. The second-order valence-electron chi connectivity index (χ2n) is 3.80. The molecule has 0 bridgehead atoms. The number of ether oxygens (including phenoxy) is 1. The molecule has 1 aromatic carbocycles. The van der Waals surface area contributed by atoms with E-state index in [0.29, 0.717) is 0 Å². The first-order chi connectivity index (χ1) is 7.76. The van der Waals surface area contributed by atoms with Gasteiger partial charge >= 0.3 is 0 Å². The van der Waals surface area contributed by atoms with Crippen molar-refractivity contribution >= 4 is 0 Å².